The molecule has 1 atom stereocenters. The zero-order chi connectivity index (χ0) is 7.44. The molecule has 0 rings (SSSR count). The molecule has 0 saturated carbocycles. The molecule has 54 valence electrons. The molecule has 4 N–H and O–H groups in total. The van der Waals surface area contributed by atoms with Crippen molar-refractivity contribution >= 4 is 5.97 Å². The van der Waals surface area contributed by atoms with Gasteiger partial charge in [-0.2, -0.15) is 0 Å². The average Bonchev–Trinajstić information content (AvgIpc) is 1.63. The van der Waals surface area contributed by atoms with E-state index in [0.29, 0.717) is 0 Å². The molecule has 0 unspecified atom stereocenters. The van der Waals surface area contributed by atoms with Gasteiger partial charge in [-0.05, 0) is 6.92 Å². The lowest BCUT2D eigenvalue weighted by atomic mass is 10.4. The maximum atomic E-state index is 10.3. The third-order valence-electron chi connectivity index (χ3n) is 0.593. The van der Waals surface area contributed by atoms with Gasteiger partial charge in [0, 0.05) is 0 Å². The van der Waals surface area contributed by atoms with E-state index >= 15 is 0 Å². The van der Waals surface area contributed by atoms with Crippen LogP contribution in [0.4, 0.5) is 0 Å². The van der Waals surface area contributed by atoms with Crippen LogP contribution in [-0.4, -0.2) is 28.7 Å². The number of ether oxygens (including phenoxy) is 1. The Bertz CT molecular complexity index is 101. The lowest BCUT2D eigenvalue weighted by Crippen LogP contribution is -2.32. The van der Waals surface area contributed by atoms with Crippen molar-refractivity contribution in [2.45, 2.75) is 19.4 Å². The highest BCUT2D eigenvalue weighted by Gasteiger charge is 2.11. The molecule has 0 fully saturated rings. The first-order valence-corrected chi connectivity index (χ1v) is 2.36. The molecule has 0 aromatic heterocycles. The van der Waals surface area contributed by atoms with Crippen LogP contribution in [-0.2, 0) is 9.53 Å². The third kappa shape index (κ3) is 3.89. The van der Waals surface area contributed by atoms with Gasteiger partial charge in [0.1, 0.15) is 6.04 Å². The summed E-state index contributed by atoms with van der Waals surface area (Å²) in [6, 6.07) is -0.827. The fraction of sp³-hybridized carbons (Fsp3) is 0.750. The summed E-state index contributed by atoms with van der Waals surface area (Å²) >= 11 is 0. The molecule has 0 saturated heterocycles. The van der Waals surface area contributed by atoms with Gasteiger partial charge in [-0.25, -0.2) is 0 Å². The van der Waals surface area contributed by atoms with Crippen LogP contribution in [0.1, 0.15) is 6.92 Å². The number of carbonyl (C=O) groups excluding carboxylic acids is 1. The highest BCUT2D eigenvalue weighted by molar-refractivity contribution is 5.74. The second kappa shape index (κ2) is 3.39. The quantitative estimate of drug-likeness (QED) is 0.305. The van der Waals surface area contributed by atoms with E-state index in [9.17, 15) is 4.79 Å². The minimum absolute atomic E-state index is 0.827. The minimum Gasteiger partial charge on any atom is -0.410 e. The molecule has 5 nitrogen and oxygen atoms in total. The molecule has 0 amide bonds. The highest BCUT2D eigenvalue weighted by Crippen LogP contribution is 1.85. The fourth-order valence-electron chi connectivity index (χ4n) is 0.211. The van der Waals surface area contributed by atoms with E-state index in [4.69, 9.17) is 15.9 Å². The Morgan fingerprint density at radius 1 is 1.67 bits per heavy atom. The van der Waals surface area contributed by atoms with E-state index in [2.05, 4.69) is 4.74 Å². The SMILES string of the molecule is C[C@H](N)C(=O)OC(O)O. The van der Waals surface area contributed by atoms with Crippen molar-refractivity contribution in [1.29, 1.82) is 0 Å². The van der Waals surface area contributed by atoms with Gasteiger partial charge < -0.3 is 20.7 Å². The van der Waals surface area contributed by atoms with Crippen LogP contribution in [0.15, 0.2) is 0 Å². The predicted molar refractivity (Wildman–Crippen MR) is 28.0 cm³/mol. The zero-order valence-corrected chi connectivity index (χ0v) is 4.94. The van der Waals surface area contributed by atoms with E-state index in [0.717, 1.165) is 0 Å². The van der Waals surface area contributed by atoms with E-state index in [-0.39, 0.29) is 0 Å². The van der Waals surface area contributed by atoms with E-state index < -0.39 is 18.5 Å². The van der Waals surface area contributed by atoms with Crippen molar-refractivity contribution in [3.63, 3.8) is 0 Å². The molecule has 0 aromatic carbocycles. The Balaban J connectivity index is 3.51. The number of aliphatic hydroxyl groups is 2. The first-order valence-electron chi connectivity index (χ1n) is 2.36. The monoisotopic (exact) mass is 135 g/mol. The average molecular weight is 135 g/mol. The van der Waals surface area contributed by atoms with E-state index in [1.165, 1.54) is 6.92 Å². The largest absolute Gasteiger partial charge is 0.410 e. The van der Waals surface area contributed by atoms with Crippen LogP contribution in [0.5, 0.6) is 0 Å². The number of carbonyl (C=O) groups is 1. The maximum absolute atomic E-state index is 10.3. The Morgan fingerprint density at radius 3 is 2.22 bits per heavy atom. The molecule has 0 radical (unpaired) electrons. The molecule has 9 heavy (non-hydrogen) atoms. The molecule has 0 aromatic rings. The van der Waals surface area contributed by atoms with Gasteiger partial charge in [0.25, 0.3) is 0 Å². The molecular weight excluding hydrogens is 126 g/mol. The predicted octanol–water partition coefficient (Wildman–Crippen LogP) is -1.86. The fourth-order valence-corrected chi connectivity index (χ4v) is 0.211. The molecular formula is C4H9NO4. The summed E-state index contributed by atoms with van der Waals surface area (Å²) in [6.07, 6.45) is 0. The number of hydrogen-bond donors (Lipinski definition) is 3. The topological polar surface area (TPSA) is 92.8 Å². The Labute approximate surface area is 52.0 Å². The first kappa shape index (κ1) is 8.35. The molecule has 0 heterocycles. The van der Waals surface area contributed by atoms with Gasteiger partial charge in [0.2, 0.25) is 0 Å². The van der Waals surface area contributed by atoms with Gasteiger partial charge in [-0.15, -0.1) is 0 Å². The lowest BCUT2D eigenvalue weighted by molar-refractivity contribution is -0.230. The normalized spacial score (nSPS) is 13.4. The Kier molecular flexibility index (Phi) is 3.15. The maximum Gasteiger partial charge on any atom is 0.326 e. The number of aliphatic hydroxyl groups excluding tert-OH is 1. The summed E-state index contributed by atoms with van der Waals surface area (Å²) in [6.45, 7) is -0.687. The lowest BCUT2D eigenvalue weighted by Gasteiger charge is -2.06. The summed E-state index contributed by atoms with van der Waals surface area (Å²) in [5, 5.41) is 16.1. The van der Waals surface area contributed by atoms with Crippen LogP contribution in [0.25, 0.3) is 0 Å². The van der Waals surface area contributed by atoms with Crippen molar-refractivity contribution in [1.82, 2.24) is 0 Å². The van der Waals surface area contributed by atoms with Crippen LogP contribution in [0.2, 0.25) is 0 Å². The van der Waals surface area contributed by atoms with E-state index in [1.54, 1.807) is 0 Å². The van der Waals surface area contributed by atoms with Gasteiger partial charge >= 0.3 is 12.4 Å². The van der Waals surface area contributed by atoms with Gasteiger partial charge in [0.05, 0.1) is 0 Å². The van der Waals surface area contributed by atoms with Gasteiger partial charge in [-0.3, -0.25) is 4.79 Å². The third-order valence-corrected chi connectivity index (χ3v) is 0.593. The number of esters is 1. The standard InChI is InChI=1S/C4H9NO4/c1-2(5)3(6)9-4(7)8/h2,4,7-8H,5H2,1H3/t2-/m0/s1. The van der Waals surface area contributed by atoms with Crippen molar-refractivity contribution in [3.05, 3.63) is 0 Å². The van der Waals surface area contributed by atoms with Crippen molar-refractivity contribution in [2.24, 2.45) is 5.73 Å². The second-order valence-corrected chi connectivity index (χ2v) is 1.55. The summed E-state index contributed by atoms with van der Waals surface area (Å²) in [7, 11) is 0. The first-order chi connectivity index (χ1) is 4.04. The van der Waals surface area contributed by atoms with Crippen molar-refractivity contribution < 1.29 is 19.7 Å². The molecule has 5 heteroatoms. The zero-order valence-electron chi connectivity index (χ0n) is 4.94. The summed E-state index contributed by atoms with van der Waals surface area (Å²) in [5.74, 6) is -0.843. The van der Waals surface area contributed by atoms with Gasteiger partial charge in [0.15, 0.2) is 0 Å². The summed E-state index contributed by atoms with van der Waals surface area (Å²) in [4.78, 5) is 10.3. The Hall–Kier alpha value is -0.650. The van der Waals surface area contributed by atoms with Crippen molar-refractivity contribution in [3.8, 4) is 0 Å². The highest BCUT2D eigenvalue weighted by atomic mass is 16.7. The van der Waals surface area contributed by atoms with E-state index in [1.807, 2.05) is 0 Å². The summed E-state index contributed by atoms with van der Waals surface area (Å²) in [5.41, 5.74) is 4.99. The smallest absolute Gasteiger partial charge is 0.326 e. The van der Waals surface area contributed by atoms with Gasteiger partial charge in [-0.1, -0.05) is 0 Å². The number of hydrogen-bond acceptors (Lipinski definition) is 5. The number of rotatable bonds is 2. The molecule has 0 aliphatic rings. The molecule has 0 aliphatic carbocycles. The molecule has 0 bridgehead atoms. The molecule has 0 spiro atoms. The minimum atomic E-state index is -2.07. The summed E-state index contributed by atoms with van der Waals surface area (Å²) < 4.78 is 3.86. The van der Waals surface area contributed by atoms with Crippen LogP contribution in [0, 0.1) is 0 Å². The van der Waals surface area contributed by atoms with Crippen LogP contribution >= 0.6 is 0 Å². The second-order valence-electron chi connectivity index (χ2n) is 1.55. The number of nitrogens with two attached hydrogens (primary N) is 1. The van der Waals surface area contributed by atoms with Crippen LogP contribution < -0.4 is 5.73 Å². The molecule has 0 aliphatic heterocycles. The van der Waals surface area contributed by atoms with Crippen LogP contribution in [0.3, 0.4) is 0 Å². The van der Waals surface area contributed by atoms with Crippen molar-refractivity contribution in [2.75, 3.05) is 0 Å². The Morgan fingerprint density at radius 2 is 2.11 bits per heavy atom.